The first-order chi connectivity index (χ1) is 43.9. The Balaban J connectivity index is 5.10. The third-order valence-corrected chi connectivity index (χ3v) is 19.3. The molecule has 0 fully saturated rings. The summed E-state index contributed by atoms with van der Waals surface area (Å²) in [5.74, 6) is -0.589. The Bertz CT molecular complexity index is 1770. The predicted molar refractivity (Wildman–Crippen MR) is 368 cm³/mol. The molecule has 0 aliphatic heterocycles. The van der Waals surface area contributed by atoms with Crippen molar-refractivity contribution >= 4 is 39.5 Å². The third-order valence-electron chi connectivity index (χ3n) is 17.4. The van der Waals surface area contributed by atoms with Gasteiger partial charge < -0.3 is 33.8 Å². The van der Waals surface area contributed by atoms with Gasteiger partial charge in [-0.25, -0.2) is 9.13 Å². The maximum atomic E-state index is 13.0. The molecule has 0 spiro atoms. The van der Waals surface area contributed by atoms with Crippen LogP contribution in [0.5, 0.6) is 0 Å². The van der Waals surface area contributed by atoms with Gasteiger partial charge in [-0.2, -0.15) is 0 Å². The van der Waals surface area contributed by atoms with Crippen LogP contribution in [-0.4, -0.2) is 96.7 Å². The number of unbranched alkanes of at least 4 members (excludes halogenated alkanes) is 39. The first-order valence-electron chi connectivity index (χ1n) is 37.6. The highest BCUT2D eigenvalue weighted by Gasteiger charge is 2.30. The van der Waals surface area contributed by atoms with Crippen molar-refractivity contribution in [3.8, 4) is 0 Å². The summed E-state index contributed by atoms with van der Waals surface area (Å²) in [5.41, 5.74) is 0. The van der Waals surface area contributed by atoms with Gasteiger partial charge in [0.05, 0.1) is 26.4 Å². The molecule has 91 heavy (non-hydrogen) atoms. The topological polar surface area (TPSA) is 237 Å². The Morgan fingerprint density at radius 2 is 0.527 bits per heavy atom. The first kappa shape index (κ1) is 89.1. The van der Waals surface area contributed by atoms with E-state index in [9.17, 15) is 43.2 Å². The molecule has 17 nitrogen and oxygen atoms in total. The number of aliphatic hydroxyl groups excluding tert-OH is 1. The monoisotopic (exact) mass is 1340 g/mol. The van der Waals surface area contributed by atoms with Gasteiger partial charge in [0.15, 0.2) is 12.2 Å². The summed E-state index contributed by atoms with van der Waals surface area (Å²) in [6.45, 7) is 9.46. The van der Waals surface area contributed by atoms with Crippen LogP contribution < -0.4 is 0 Å². The molecular formula is C72H140O17P2. The second-order valence-electron chi connectivity index (χ2n) is 26.5. The van der Waals surface area contributed by atoms with Crippen molar-refractivity contribution in [2.75, 3.05) is 39.6 Å². The summed E-state index contributed by atoms with van der Waals surface area (Å²) in [6.07, 6.45) is 50.5. The Hall–Kier alpha value is -1.94. The van der Waals surface area contributed by atoms with E-state index >= 15 is 0 Å². The highest BCUT2D eigenvalue weighted by Crippen LogP contribution is 2.45. The average Bonchev–Trinajstić information content (AvgIpc) is 3.70. The van der Waals surface area contributed by atoms with Crippen molar-refractivity contribution in [3.05, 3.63) is 0 Å². The van der Waals surface area contributed by atoms with Crippen LogP contribution >= 0.6 is 15.6 Å². The molecule has 0 aromatic rings. The molecule has 0 bridgehead atoms. The highest BCUT2D eigenvalue weighted by atomic mass is 31.2. The van der Waals surface area contributed by atoms with Crippen LogP contribution in [0.3, 0.4) is 0 Å². The molecule has 0 aromatic carbocycles. The Morgan fingerprint density at radius 3 is 0.780 bits per heavy atom. The number of hydrogen-bond donors (Lipinski definition) is 3. The van der Waals surface area contributed by atoms with E-state index < -0.39 is 97.5 Å². The van der Waals surface area contributed by atoms with Crippen molar-refractivity contribution in [1.82, 2.24) is 0 Å². The zero-order valence-electron chi connectivity index (χ0n) is 59.1. The molecule has 0 saturated heterocycles. The smallest absolute Gasteiger partial charge is 0.462 e. The van der Waals surface area contributed by atoms with Crippen LogP contribution in [0.1, 0.15) is 369 Å². The van der Waals surface area contributed by atoms with E-state index in [-0.39, 0.29) is 25.7 Å². The minimum atomic E-state index is -4.95. The second kappa shape index (κ2) is 64.1. The van der Waals surface area contributed by atoms with Gasteiger partial charge in [0.25, 0.3) is 0 Å². The molecule has 0 amide bonds. The molecule has 0 aliphatic carbocycles. The van der Waals surface area contributed by atoms with E-state index in [0.717, 1.165) is 108 Å². The number of esters is 4. The van der Waals surface area contributed by atoms with Crippen molar-refractivity contribution in [3.63, 3.8) is 0 Å². The van der Waals surface area contributed by atoms with Crippen LogP contribution in [0.4, 0.5) is 0 Å². The number of carbonyl (C=O) groups excluding carboxylic acids is 4. The number of rotatable bonds is 71. The van der Waals surface area contributed by atoms with E-state index in [2.05, 4.69) is 41.5 Å². The van der Waals surface area contributed by atoms with Gasteiger partial charge in [0, 0.05) is 25.7 Å². The minimum absolute atomic E-state index is 0.104. The first-order valence-corrected chi connectivity index (χ1v) is 40.6. The Morgan fingerprint density at radius 1 is 0.308 bits per heavy atom. The van der Waals surface area contributed by atoms with E-state index in [1.165, 1.54) is 180 Å². The average molecular weight is 1340 g/mol. The standard InChI is InChI=1S/C72H140O17P2/c1-7-11-13-15-16-17-18-19-20-21-22-23-24-25-26-27-28-29-30-38-44-50-56-71(76)89-68(61-83-70(75)55-49-43-37-33-31-35-41-46-52-64(5)9-3)63-87-91(80,81)85-59-66(73)58-84-90(78,79)86-62-67(60-82-69(74)54-48-40-14-12-8-2)88-72(77)57-51-45-39-34-32-36-42-47-53-65(6)10-4/h64-68,73H,7-63H2,1-6H3,(H,78,79)(H,80,81)/t64?,65?,66-,67+,68+/m0/s1. The number of ether oxygens (including phenoxy) is 4. The molecule has 0 aliphatic rings. The number of hydrogen-bond acceptors (Lipinski definition) is 15. The molecule has 0 rings (SSSR count). The number of aliphatic hydroxyl groups is 1. The fourth-order valence-corrected chi connectivity index (χ4v) is 12.5. The van der Waals surface area contributed by atoms with Crippen LogP contribution in [0.2, 0.25) is 0 Å². The van der Waals surface area contributed by atoms with Crippen molar-refractivity contribution in [2.45, 2.75) is 387 Å². The lowest BCUT2D eigenvalue weighted by molar-refractivity contribution is -0.161. The molecule has 7 atom stereocenters. The van der Waals surface area contributed by atoms with Crippen LogP contribution in [0.25, 0.3) is 0 Å². The molecule has 4 unspecified atom stereocenters. The molecule has 3 N–H and O–H groups in total. The Kier molecular flexibility index (Phi) is 62.7. The quantitative estimate of drug-likeness (QED) is 0.0222. The lowest BCUT2D eigenvalue weighted by Gasteiger charge is -2.21. The summed E-state index contributed by atoms with van der Waals surface area (Å²) in [5, 5.41) is 10.6. The fourth-order valence-electron chi connectivity index (χ4n) is 10.9. The summed E-state index contributed by atoms with van der Waals surface area (Å²) in [4.78, 5) is 72.3. The third kappa shape index (κ3) is 63.9. The van der Waals surface area contributed by atoms with E-state index in [0.29, 0.717) is 25.7 Å². The van der Waals surface area contributed by atoms with Gasteiger partial charge in [0.1, 0.15) is 19.3 Å². The van der Waals surface area contributed by atoms with Gasteiger partial charge in [-0.1, -0.05) is 318 Å². The fraction of sp³-hybridized carbons (Fsp3) is 0.944. The lowest BCUT2D eigenvalue weighted by atomic mass is 9.99. The second-order valence-corrected chi connectivity index (χ2v) is 29.4. The van der Waals surface area contributed by atoms with Gasteiger partial charge in [-0.05, 0) is 37.5 Å². The molecular weight excluding hydrogens is 1200 g/mol. The van der Waals surface area contributed by atoms with Crippen LogP contribution in [-0.2, 0) is 65.4 Å². The summed E-state index contributed by atoms with van der Waals surface area (Å²) < 4.78 is 68.1. The van der Waals surface area contributed by atoms with Gasteiger partial charge in [-0.3, -0.25) is 37.3 Å². The number of phosphoric ester groups is 2. The number of carbonyl (C=O) groups is 4. The van der Waals surface area contributed by atoms with Gasteiger partial charge in [-0.15, -0.1) is 0 Å². The normalized spacial score (nSPS) is 14.7. The van der Waals surface area contributed by atoms with Crippen molar-refractivity contribution < 1.29 is 80.2 Å². The predicted octanol–water partition coefficient (Wildman–Crippen LogP) is 20.8. The zero-order valence-corrected chi connectivity index (χ0v) is 60.9. The molecule has 540 valence electrons. The van der Waals surface area contributed by atoms with Crippen LogP contribution in [0.15, 0.2) is 0 Å². The van der Waals surface area contributed by atoms with Crippen molar-refractivity contribution in [1.29, 1.82) is 0 Å². The molecule has 19 heteroatoms. The molecule has 0 radical (unpaired) electrons. The molecule has 0 heterocycles. The SMILES string of the molecule is CCCCCCCCCCCCCCCCCCCCCCCCC(=O)O[C@H](COC(=O)CCCCCCCCCCC(C)CC)COP(=O)(O)OC[C@@H](O)COP(=O)(O)OC[C@@H](COC(=O)CCCCCCC)OC(=O)CCCCCCCCCCC(C)CC. The summed E-state index contributed by atoms with van der Waals surface area (Å²) in [7, 11) is -9.89. The summed E-state index contributed by atoms with van der Waals surface area (Å²) >= 11 is 0. The van der Waals surface area contributed by atoms with Crippen molar-refractivity contribution in [2.24, 2.45) is 11.8 Å². The summed E-state index contributed by atoms with van der Waals surface area (Å²) in [6, 6.07) is 0. The molecule has 0 saturated carbocycles. The van der Waals surface area contributed by atoms with Gasteiger partial charge in [0.2, 0.25) is 0 Å². The highest BCUT2D eigenvalue weighted by molar-refractivity contribution is 7.47. The Labute approximate surface area is 556 Å². The molecule has 0 aromatic heterocycles. The van der Waals surface area contributed by atoms with E-state index in [1.807, 2.05) is 0 Å². The van der Waals surface area contributed by atoms with Gasteiger partial charge >= 0.3 is 39.5 Å². The number of phosphoric acid groups is 2. The largest absolute Gasteiger partial charge is 0.472 e. The maximum Gasteiger partial charge on any atom is 0.472 e. The van der Waals surface area contributed by atoms with E-state index in [1.54, 1.807) is 0 Å². The maximum absolute atomic E-state index is 13.0. The van der Waals surface area contributed by atoms with E-state index in [4.69, 9.17) is 37.0 Å². The minimum Gasteiger partial charge on any atom is -0.462 e. The zero-order chi connectivity index (χ0) is 67.2. The lowest BCUT2D eigenvalue weighted by Crippen LogP contribution is -2.30. The van der Waals surface area contributed by atoms with Crippen LogP contribution in [0, 0.1) is 11.8 Å².